The molecule has 7 nitrogen and oxygen atoms in total. The van der Waals surface area contributed by atoms with Gasteiger partial charge in [0, 0.05) is 38.8 Å². The number of thiocarbonyl (C=S) groups is 1. The smallest absolute Gasteiger partial charge is 0.232 e. The predicted molar refractivity (Wildman–Crippen MR) is 139 cm³/mol. The summed E-state index contributed by atoms with van der Waals surface area (Å²) in [6.07, 6.45) is 4.88. The van der Waals surface area contributed by atoms with Gasteiger partial charge >= 0.3 is 0 Å². The number of aromatic nitrogens is 2. The Hall–Kier alpha value is -2.61. The first-order valence-corrected chi connectivity index (χ1v) is 12.5. The molecule has 0 bridgehead atoms. The molecule has 0 unspecified atom stereocenters. The molecule has 0 amide bonds. The molecule has 0 aliphatic carbocycles. The molecule has 2 saturated heterocycles. The molecule has 3 heterocycles. The summed E-state index contributed by atoms with van der Waals surface area (Å²) in [5.41, 5.74) is 1.13. The number of hydrogen-bond donors (Lipinski definition) is 2. The Kier molecular flexibility index (Phi) is 7.85. The van der Waals surface area contributed by atoms with Crippen molar-refractivity contribution in [3.05, 3.63) is 35.9 Å². The first-order chi connectivity index (χ1) is 16.0. The number of methoxy groups -OCH3 is 1. The van der Waals surface area contributed by atoms with Crippen LogP contribution >= 0.6 is 12.2 Å². The van der Waals surface area contributed by atoms with Crippen molar-refractivity contribution in [3.8, 4) is 5.75 Å². The van der Waals surface area contributed by atoms with Crippen LogP contribution in [0.5, 0.6) is 5.75 Å². The normalized spacial score (nSPS) is 19.3. The Morgan fingerprint density at radius 3 is 2.36 bits per heavy atom. The maximum Gasteiger partial charge on any atom is 0.232 e. The highest BCUT2D eigenvalue weighted by Gasteiger charge is 2.22. The molecule has 0 saturated carbocycles. The maximum atomic E-state index is 5.56. The van der Waals surface area contributed by atoms with Crippen molar-refractivity contribution in [3.63, 3.8) is 0 Å². The largest absolute Gasteiger partial charge is 0.497 e. The number of nitrogens with one attached hydrogen (secondary N) is 2. The van der Waals surface area contributed by atoms with E-state index in [0.717, 1.165) is 55.0 Å². The molecule has 8 heteroatoms. The highest BCUT2D eigenvalue weighted by Crippen LogP contribution is 2.28. The van der Waals surface area contributed by atoms with Gasteiger partial charge < -0.3 is 25.2 Å². The van der Waals surface area contributed by atoms with Gasteiger partial charge in [-0.1, -0.05) is 26.0 Å². The molecule has 2 aromatic rings. The second kappa shape index (κ2) is 11.0. The molecule has 1 atom stereocenters. The van der Waals surface area contributed by atoms with E-state index in [9.17, 15) is 0 Å². The van der Waals surface area contributed by atoms with Crippen LogP contribution in [-0.4, -0.2) is 48.4 Å². The molecule has 0 spiro atoms. The molecule has 1 aromatic heterocycles. The second-order valence-electron chi connectivity index (χ2n) is 9.43. The molecule has 0 radical (unpaired) electrons. The average Bonchev–Trinajstić information content (AvgIpc) is 2.83. The van der Waals surface area contributed by atoms with Crippen LogP contribution < -0.4 is 25.2 Å². The number of benzene rings is 1. The SMILES string of the molecule is COc1ccc(CNC(=S)Nc2nc(N3CCC(C)CC3)cc(N3CCC[C@@H](C)C3)n2)cc1. The average molecular weight is 469 g/mol. The van der Waals surface area contributed by atoms with Gasteiger partial charge in [-0.2, -0.15) is 9.97 Å². The molecule has 2 fully saturated rings. The summed E-state index contributed by atoms with van der Waals surface area (Å²) in [5.74, 6) is 4.84. The first-order valence-electron chi connectivity index (χ1n) is 12.1. The fraction of sp³-hybridized carbons (Fsp3) is 0.560. The maximum absolute atomic E-state index is 5.56. The lowest BCUT2D eigenvalue weighted by Crippen LogP contribution is -2.37. The van der Waals surface area contributed by atoms with Crippen molar-refractivity contribution in [1.29, 1.82) is 0 Å². The van der Waals surface area contributed by atoms with Crippen LogP contribution in [-0.2, 0) is 6.54 Å². The Morgan fingerprint density at radius 1 is 1.00 bits per heavy atom. The number of ether oxygens (including phenoxy) is 1. The van der Waals surface area contributed by atoms with Crippen LogP contribution in [0.25, 0.3) is 0 Å². The topological polar surface area (TPSA) is 65.6 Å². The van der Waals surface area contributed by atoms with E-state index in [2.05, 4.69) is 40.3 Å². The standard InChI is InChI=1S/C25H36N6OS/c1-18-10-13-30(14-11-18)22-15-23(31-12-4-5-19(2)17-31)28-24(27-22)29-25(33)26-16-20-6-8-21(32-3)9-7-20/h6-9,15,18-19H,4-5,10-14,16-17H2,1-3H3,(H2,26,27,28,29,33)/t19-/m1/s1. The molecule has 4 rings (SSSR count). The summed E-state index contributed by atoms with van der Waals surface area (Å²) in [6.45, 7) is 9.41. The van der Waals surface area contributed by atoms with E-state index in [1.54, 1.807) is 7.11 Å². The van der Waals surface area contributed by atoms with Crippen molar-refractivity contribution in [2.75, 3.05) is 48.4 Å². The predicted octanol–water partition coefficient (Wildman–Crippen LogP) is 4.44. The van der Waals surface area contributed by atoms with Gasteiger partial charge in [0.25, 0.3) is 0 Å². The zero-order chi connectivity index (χ0) is 23.2. The molecular weight excluding hydrogens is 432 g/mol. The van der Waals surface area contributed by atoms with Crippen LogP contribution in [0, 0.1) is 11.8 Å². The molecule has 178 valence electrons. The fourth-order valence-corrected chi connectivity index (χ4v) is 4.67. The highest BCUT2D eigenvalue weighted by molar-refractivity contribution is 7.80. The molecule has 2 aliphatic rings. The van der Waals surface area contributed by atoms with E-state index in [1.807, 2.05) is 24.3 Å². The van der Waals surface area contributed by atoms with Gasteiger partial charge in [-0.15, -0.1) is 0 Å². The molecular formula is C25H36N6OS. The lowest BCUT2D eigenvalue weighted by molar-refractivity contribution is 0.414. The van der Waals surface area contributed by atoms with Crippen LogP contribution in [0.1, 0.15) is 45.1 Å². The van der Waals surface area contributed by atoms with Crippen LogP contribution in [0.4, 0.5) is 17.6 Å². The number of anilines is 3. The van der Waals surface area contributed by atoms with Crippen LogP contribution in [0.3, 0.4) is 0 Å². The first kappa shape index (κ1) is 23.5. The van der Waals surface area contributed by atoms with Gasteiger partial charge in [-0.05, 0) is 67.4 Å². The Labute approximate surface area is 202 Å². The van der Waals surface area contributed by atoms with E-state index in [1.165, 1.54) is 25.7 Å². The lowest BCUT2D eigenvalue weighted by atomic mass is 9.99. The summed E-state index contributed by atoms with van der Waals surface area (Å²) in [5, 5.41) is 7.02. The van der Waals surface area contributed by atoms with Crippen molar-refractivity contribution >= 4 is 34.9 Å². The van der Waals surface area contributed by atoms with Crippen molar-refractivity contribution in [1.82, 2.24) is 15.3 Å². The third kappa shape index (κ3) is 6.47. The lowest BCUT2D eigenvalue weighted by Gasteiger charge is -2.34. The van der Waals surface area contributed by atoms with Crippen molar-refractivity contribution in [2.45, 2.75) is 46.1 Å². The van der Waals surface area contributed by atoms with Gasteiger partial charge in [0.05, 0.1) is 7.11 Å². The monoisotopic (exact) mass is 468 g/mol. The van der Waals surface area contributed by atoms with Gasteiger partial charge in [-0.3, -0.25) is 0 Å². The summed E-state index contributed by atoms with van der Waals surface area (Å²) >= 11 is 5.56. The number of piperidine rings is 2. The zero-order valence-corrected chi connectivity index (χ0v) is 20.8. The van der Waals surface area contributed by atoms with Gasteiger partial charge in [0.1, 0.15) is 17.4 Å². The fourth-order valence-electron chi connectivity index (χ4n) is 4.51. The van der Waals surface area contributed by atoms with E-state index in [0.29, 0.717) is 23.5 Å². The van der Waals surface area contributed by atoms with Crippen LogP contribution in [0.2, 0.25) is 0 Å². The van der Waals surface area contributed by atoms with Crippen molar-refractivity contribution in [2.24, 2.45) is 11.8 Å². The van der Waals surface area contributed by atoms with Crippen molar-refractivity contribution < 1.29 is 4.74 Å². The number of nitrogens with zero attached hydrogens (tertiary/aromatic N) is 4. The van der Waals surface area contributed by atoms with E-state index < -0.39 is 0 Å². The van der Waals surface area contributed by atoms with Gasteiger partial charge in [0.15, 0.2) is 5.11 Å². The highest BCUT2D eigenvalue weighted by atomic mass is 32.1. The Morgan fingerprint density at radius 2 is 1.70 bits per heavy atom. The Balaban J connectivity index is 1.47. The number of rotatable bonds is 6. The summed E-state index contributed by atoms with van der Waals surface area (Å²) in [4.78, 5) is 14.5. The Bertz CT molecular complexity index is 929. The quantitative estimate of drug-likeness (QED) is 0.603. The summed E-state index contributed by atoms with van der Waals surface area (Å²) in [6, 6.07) is 10.1. The second-order valence-corrected chi connectivity index (χ2v) is 9.83. The minimum absolute atomic E-state index is 0.521. The minimum Gasteiger partial charge on any atom is -0.497 e. The number of hydrogen-bond acceptors (Lipinski definition) is 6. The third-order valence-electron chi connectivity index (χ3n) is 6.63. The van der Waals surface area contributed by atoms with Gasteiger partial charge in [-0.25, -0.2) is 0 Å². The van der Waals surface area contributed by atoms with E-state index in [-0.39, 0.29) is 0 Å². The third-order valence-corrected chi connectivity index (χ3v) is 6.87. The molecule has 33 heavy (non-hydrogen) atoms. The van der Waals surface area contributed by atoms with E-state index in [4.69, 9.17) is 26.9 Å². The molecule has 2 N–H and O–H groups in total. The zero-order valence-electron chi connectivity index (χ0n) is 20.0. The van der Waals surface area contributed by atoms with Crippen LogP contribution in [0.15, 0.2) is 30.3 Å². The summed E-state index contributed by atoms with van der Waals surface area (Å²) in [7, 11) is 1.67. The molecule has 2 aliphatic heterocycles. The molecule has 1 aromatic carbocycles. The van der Waals surface area contributed by atoms with Gasteiger partial charge in [0.2, 0.25) is 5.95 Å². The summed E-state index contributed by atoms with van der Waals surface area (Å²) < 4.78 is 5.23. The van der Waals surface area contributed by atoms with E-state index >= 15 is 0 Å². The minimum atomic E-state index is 0.521.